The van der Waals surface area contributed by atoms with Crippen molar-refractivity contribution in [1.29, 1.82) is 0 Å². The first-order valence-corrected chi connectivity index (χ1v) is 10.5. The second-order valence-corrected chi connectivity index (χ2v) is 9.18. The van der Waals surface area contributed by atoms with Gasteiger partial charge in [0.25, 0.3) is 0 Å². The van der Waals surface area contributed by atoms with Crippen LogP contribution in [0.5, 0.6) is 0 Å². The average molecular weight is 378 g/mol. The molecule has 25 heavy (non-hydrogen) atoms. The molecule has 2 aliphatic carbocycles. The number of benzene rings is 1. The fraction of sp³-hybridized carbons (Fsp3) is 0.500. The predicted octanol–water partition coefficient (Wildman–Crippen LogP) is 4.73. The molecule has 4 rings (SSSR count). The van der Waals surface area contributed by atoms with E-state index < -0.39 is 0 Å². The van der Waals surface area contributed by atoms with Crippen molar-refractivity contribution in [3.8, 4) is 0 Å². The van der Waals surface area contributed by atoms with Crippen molar-refractivity contribution in [1.82, 2.24) is 10.2 Å². The molecule has 0 radical (unpaired) electrons. The van der Waals surface area contributed by atoms with Gasteiger partial charge in [0.1, 0.15) is 5.82 Å². The van der Waals surface area contributed by atoms with Crippen LogP contribution in [0.4, 0.5) is 9.52 Å². The van der Waals surface area contributed by atoms with Gasteiger partial charge in [-0.3, -0.25) is 4.79 Å². The first-order valence-electron chi connectivity index (χ1n) is 8.66. The highest BCUT2D eigenvalue weighted by atomic mass is 32.2. The number of thioether (sulfide) groups is 1. The lowest BCUT2D eigenvalue weighted by molar-refractivity contribution is -0.117. The van der Waals surface area contributed by atoms with Gasteiger partial charge < -0.3 is 5.32 Å². The van der Waals surface area contributed by atoms with Crippen molar-refractivity contribution in [2.75, 3.05) is 5.32 Å². The van der Waals surface area contributed by atoms with E-state index in [9.17, 15) is 9.18 Å². The summed E-state index contributed by atoms with van der Waals surface area (Å²) in [6.45, 7) is 0. The molecule has 2 aliphatic rings. The summed E-state index contributed by atoms with van der Waals surface area (Å²) < 4.78 is 13.7. The Morgan fingerprint density at radius 2 is 2.08 bits per heavy atom. The second kappa shape index (κ2) is 7.41. The third-order valence-electron chi connectivity index (χ3n) is 5.26. The number of nitrogens with one attached hydrogen (secondary N) is 1. The Labute approximate surface area is 154 Å². The molecule has 0 saturated heterocycles. The van der Waals surface area contributed by atoms with Crippen LogP contribution in [-0.2, 0) is 10.5 Å². The number of halogens is 1. The Kier molecular flexibility index (Phi) is 5.03. The fourth-order valence-corrected chi connectivity index (χ4v) is 5.80. The summed E-state index contributed by atoms with van der Waals surface area (Å²) in [6, 6.07) is 6.44. The lowest BCUT2D eigenvalue weighted by atomic mass is 9.86. The van der Waals surface area contributed by atoms with Gasteiger partial charge in [0.15, 0.2) is 4.34 Å². The number of hydrogen-bond acceptors (Lipinski definition) is 5. The number of hydrogen-bond donors (Lipinski definition) is 1. The van der Waals surface area contributed by atoms with Crippen LogP contribution >= 0.6 is 23.1 Å². The van der Waals surface area contributed by atoms with Gasteiger partial charge >= 0.3 is 0 Å². The predicted molar refractivity (Wildman–Crippen MR) is 98.1 cm³/mol. The van der Waals surface area contributed by atoms with Crippen LogP contribution in [0.3, 0.4) is 0 Å². The lowest BCUT2D eigenvalue weighted by Gasteiger charge is -2.20. The molecular formula is C18H20FN3OS2. The Morgan fingerprint density at radius 1 is 1.24 bits per heavy atom. The largest absolute Gasteiger partial charge is 0.300 e. The van der Waals surface area contributed by atoms with Crippen molar-refractivity contribution < 1.29 is 9.18 Å². The maximum Gasteiger partial charge on any atom is 0.226 e. The van der Waals surface area contributed by atoms with E-state index in [0.29, 0.717) is 23.2 Å². The van der Waals surface area contributed by atoms with Crippen molar-refractivity contribution in [3.63, 3.8) is 0 Å². The Morgan fingerprint density at radius 3 is 2.80 bits per heavy atom. The summed E-state index contributed by atoms with van der Waals surface area (Å²) >= 11 is 2.93. The molecule has 1 amide bonds. The van der Waals surface area contributed by atoms with Crippen LogP contribution in [0, 0.1) is 23.6 Å². The molecule has 1 N–H and O–H groups in total. The number of rotatable bonds is 6. The van der Waals surface area contributed by atoms with Crippen LogP contribution in [0.25, 0.3) is 0 Å². The first kappa shape index (κ1) is 17.0. The number of fused-ring (bicyclic) bond motifs is 2. The summed E-state index contributed by atoms with van der Waals surface area (Å²) in [5.41, 5.74) is 1.03. The zero-order valence-corrected chi connectivity index (χ0v) is 15.4. The van der Waals surface area contributed by atoms with Crippen molar-refractivity contribution >= 4 is 34.1 Å². The molecule has 0 spiro atoms. The zero-order chi connectivity index (χ0) is 17.2. The van der Waals surface area contributed by atoms with Crippen LogP contribution < -0.4 is 5.32 Å². The monoisotopic (exact) mass is 377 g/mol. The van der Waals surface area contributed by atoms with Crippen LogP contribution in [-0.4, -0.2) is 16.1 Å². The third kappa shape index (κ3) is 4.20. The van der Waals surface area contributed by atoms with Gasteiger partial charge in [0.05, 0.1) is 0 Å². The number of aromatic nitrogens is 2. The van der Waals surface area contributed by atoms with E-state index in [1.54, 1.807) is 23.9 Å². The summed E-state index contributed by atoms with van der Waals surface area (Å²) in [5.74, 6) is 2.70. The smallest absolute Gasteiger partial charge is 0.226 e. The van der Waals surface area contributed by atoms with Crippen LogP contribution in [0.2, 0.25) is 0 Å². The minimum atomic E-state index is -0.231. The van der Waals surface area contributed by atoms with E-state index in [1.165, 1.54) is 49.2 Å². The second-order valence-electron chi connectivity index (χ2n) is 6.98. The van der Waals surface area contributed by atoms with Crippen LogP contribution in [0.15, 0.2) is 28.6 Å². The van der Waals surface area contributed by atoms with Gasteiger partial charge in [-0.25, -0.2) is 4.39 Å². The molecular weight excluding hydrogens is 357 g/mol. The molecule has 3 atom stereocenters. The molecule has 2 saturated carbocycles. The zero-order valence-electron chi connectivity index (χ0n) is 13.8. The van der Waals surface area contributed by atoms with E-state index >= 15 is 0 Å². The standard InChI is InChI=1S/C18H20FN3OS2/c19-15-5-2-11(3-6-15)10-24-18-22-21-17(25-18)20-16(23)9-14-8-12-1-4-13(14)7-12/h2-3,5-6,12-14H,1,4,7-10H2,(H,20,21,23)/t12-,13+,14-/m0/s1. The number of nitrogens with zero attached hydrogens (tertiary/aromatic N) is 2. The van der Waals surface area contributed by atoms with E-state index in [1.807, 2.05) is 0 Å². The van der Waals surface area contributed by atoms with Gasteiger partial charge in [-0.1, -0.05) is 41.7 Å². The summed E-state index contributed by atoms with van der Waals surface area (Å²) in [5, 5.41) is 11.6. The topological polar surface area (TPSA) is 54.9 Å². The van der Waals surface area contributed by atoms with Gasteiger partial charge in [0, 0.05) is 12.2 Å². The SMILES string of the molecule is O=C(C[C@@H]1C[C@H]2CC[C@@H]1C2)Nc1nnc(SCc2ccc(F)cc2)s1. The Hall–Kier alpha value is -1.47. The molecule has 1 heterocycles. The maximum atomic E-state index is 12.9. The van der Waals surface area contributed by atoms with Gasteiger partial charge in [-0.05, 0) is 54.7 Å². The normalized spacial score (nSPS) is 24.6. The summed E-state index contributed by atoms with van der Waals surface area (Å²) in [4.78, 5) is 12.3. The molecule has 2 bridgehead atoms. The van der Waals surface area contributed by atoms with Crippen molar-refractivity contribution in [3.05, 3.63) is 35.6 Å². The number of anilines is 1. The maximum absolute atomic E-state index is 12.9. The number of carbonyl (C=O) groups excluding carboxylic acids is 1. The molecule has 1 aromatic carbocycles. The molecule has 7 heteroatoms. The van der Waals surface area contributed by atoms with Gasteiger partial charge in [0.2, 0.25) is 11.0 Å². The quantitative estimate of drug-likeness (QED) is 0.584. The summed E-state index contributed by atoms with van der Waals surface area (Å²) in [6.07, 6.45) is 5.80. The lowest BCUT2D eigenvalue weighted by Crippen LogP contribution is -2.20. The highest BCUT2D eigenvalue weighted by molar-refractivity contribution is 8.00. The van der Waals surface area contributed by atoms with Crippen LogP contribution in [0.1, 0.15) is 37.7 Å². The third-order valence-corrected chi connectivity index (χ3v) is 7.30. The first-order chi connectivity index (χ1) is 12.2. The number of amides is 1. The van der Waals surface area contributed by atoms with Crippen molar-refractivity contribution in [2.45, 2.75) is 42.2 Å². The summed E-state index contributed by atoms with van der Waals surface area (Å²) in [7, 11) is 0. The fourth-order valence-electron chi connectivity index (χ4n) is 4.08. The average Bonchev–Trinajstić information content (AvgIpc) is 3.31. The molecule has 4 nitrogen and oxygen atoms in total. The highest BCUT2D eigenvalue weighted by Crippen LogP contribution is 2.49. The molecule has 1 aromatic heterocycles. The van der Waals surface area contributed by atoms with E-state index in [4.69, 9.17) is 0 Å². The minimum absolute atomic E-state index is 0.0591. The molecule has 132 valence electrons. The van der Waals surface area contributed by atoms with E-state index in [2.05, 4.69) is 15.5 Å². The number of carbonyl (C=O) groups is 1. The van der Waals surface area contributed by atoms with Gasteiger partial charge in [-0.2, -0.15) is 0 Å². The highest BCUT2D eigenvalue weighted by Gasteiger charge is 2.40. The minimum Gasteiger partial charge on any atom is -0.300 e. The molecule has 0 aliphatic heterocycles. The molecule has 2 fully saturated rings. The van der Waals surface area contributed by atoms with Crippen molar-refractivity contribution in [2.24, 2.45) is 17.8 Å². The van der Waals surface area contributed by atoms with E-state index in [0.717, 1.165) is 21.7 Å². The van der Waals surface area contributed by atoms with E-state index in [-0.39, 0.29) is 11.7 Å². The Bertz CT molecular complexity index is 749. The molecule has 2 aromatic rings. The van der Waals surface area contributed by atoms with Gasteiger partial charge in [-0.15, -0.1) is 10.2 Å². The Balaban J connectivity index is 1.26. The molecule has 0 unspecified atom stereocenters.